The number of carbonyl (C=O) groups is 2. The second-order valence-electron chi connectivity index (χ2n) is 6.91. The first kappa shape index (κ1) is 19.4. The molecule has 0 bridgehead atoms. The zero-order valence-electron chi connectivity index (χ0n) is 15.8. The van der Waals surface area contributed by atoms with Gasteiger partial charge in [0.2, 0.25) is 12.7 Å². The molecular formula is C19H27N3O5. The number of imide groups is 1. The van der Waals surface area contributed by atoms with Crippen LogP contribution in [0, 0.1) is 0 Å². The molecule has 3 amide bonds. The van der Waals surface area contributed by atoms with Crippen LogP contribution in [0.5, 0.6) is 11.5 Å². The standard InChI is InChI=1S/C19H27N3O5/c1-3-20-18(24)22-17(23)13(2)21-11-19(6-8-25-9-7-19)14-4-5-15-16(10-14)27-12-26-15/h4-5,10,13,21H,3,6-9,11-12H2,1-2H3,(H2,20,22,23,24)/t13-/m0/s1. The van der Waals surface area contributed by atoms with E-state index in [9.17, 15) is 9.59 Å². The van der Waals surface area contributed by atoms with Crippen molar-refractivity contribution in [3.63, 3.8) is 0 Å². The van der Waals surface area contributed by atoms with E-state index in [1.54, 1.807) is 13.8 Å². The van der Waals surface area contributed by atoms with Gasteiger partial charge in [-0.25, -0.2) is 4.79 Å². The number of carbonyl (C=O) groups excluding carboxylic acids is 2. The lowest BCUT2D eigenvalue weighted by Crippen LogP contribution is -2.52. The van der Waals surface area contributed by atoms with E-state index in [-0.39, 0.29) is 18.1 Å². The van der Waals surface area contributed by atoms with Crippen molar-refractivity contribution in [2.75, 3.05) is 33.1 Å². The maximum atomic E-state index is 12.2. The third kappa shape index (κ3) is 4.51. The summed E-state index contributed by atoms with van der Waals surface area (Å²) in [5, 5.41) is 8.18. The summed E-state index contributed by atoms with van der Waals surface area (Å²) in [6.45, 7) is 6.18. The van der Waals surface area contributed by atoms with E-state index in [4.69, 9.17) is 14.2 Å². The molecule has 0 unspecified atom stereocenters. The zero-order valence-corrected chi connectivity index (χ0v) is 15.8. The Morgan fingerprint density at radius 2 is 1.93 bits per heavy atom. The quantitative estimate of drug-likeness (QED) is 0.691. The van der Waals surface area contributed by atoms with Gasteiger partial charge in [-0.3, -0.25) is 10.1 Å². The fourth-order valence-electron chi connectivity index (χ4n) is 3.42. The SMILES string of the molecule is CCNC(=O)NC(=O)[C@H](C)NCC1(c2ccc3c(c2)OCO3)CCOCC1. The van der Waals surface area contributed by atoms with Crippen molar-refractivity contribution < 1.29 is 23.8 Å². The fraction of sp³-hybridized carbons (Fsp3) is 0.579. The van der Waals surface area contributed by atoms with Crippen LogP contribution >= 0.6 is 0 Å². The third-order valence-corrected chi connectivity index (χ3v) is 5.15. The normalized spacial score (nSPS) is 18.6. The second kappa shape index (κ2) is 8.58. The van der Waals surface area contributed by atoms with E-state index < -0.39 is 12.1 Å². The summed E-state index contributed by atoms with van der Waals surface area (Å²) < 4.78 is 16.5. The van der Waals surface area contributed by atoms with Gasteiger partial charge in [-0.2, -0.15) is 0 Å². The van der Waals surface area contributed by atoms with Gasteiger partial charge in [-0.05, 0) is 44.4 Å². The van der Waals surface area contributed by atoms with Gasteiger partial charge < -0.3 is 24.8 Å². The molecule has 1 aromatic rings. The van der Waals surface area contributed by atoms with Gasteiger partial charge in [-0.1, -0.05) is 6.07 Å². The van der Waals surface area contributed by atoms with E-state index in [2.05, 4.69) is 22.0 Å². The Bertz CT molecular complexity index is 688. The first-order valence-electron chi connectivity index (χ1n) is 9.34. The fourth-order valence-corrected chi connectivity index (χ4v) is 3.42. The molecule has 1 aromatic carbocycles. The maximum Gasteiger partial charge on any atom is 0.321 e. The first-order chi connectivity index (χ1) is 13.0. The highest BCUT2D eigenvalue weighted by Gasteiger charge is 2.36. The van der Waals surface area contributed by atoms with Gasteiger partial charge in [0.1, 0.15) is 0 Å². The topological polar surface area (TPSA) is 97.9 Å². The highest BCUT2D eigenvalue weighted by Crippen LogP contribution is 2.40. The zero-order chi connectivity index (χ0) is 19.3. The molecule has 148 valence electrons. The molecule has 0 aliphatic carbocycles. The summed E-state index contributed by atoms with van der Waals surface area (Å²) in [5.74, 6) is 1.15. The van der Waals surface area contributed by atoms with Crippen molar-refractivity contribution >= 4 is 11.9 Å². The minimum absolute atomic E-state index is 0.167. The summed E-state index contributed by atoms with van der Waals surface area (Å²) in [5.41, 5.74) is 0.971. The molecule has 0 saturated carbocycles. The van der Waals surface area contributed by atoms with E-state index in [1.807, 2.05) is 12.1 Å². The Labute approximate surface area is 158 Å². The molecule has 1 saturated heterocycles. The molecule has 8 nitrogen and oxygen atoms in total. The number of hydrogen-bond acceptors (Lipinski definition) is 6. The third-order valence-electron chi connectivity index (χ3n) is 5.15. The number of rotatable bonds is 6. The average molecular weight is 377 g/mol. The van der Waals surface area contributed by atoms with Crippen LogP contribution in [0.1, 0.15) is 32.3 Å². The van der Waals surface area contributed by atoms with E-state index in [1.165, 1.54) is 0 Å². The lowest BCUT2D eigenvalue weighted by Gasteiger charge is -2.38. The Balaban J connectivity index is 1.68. The Morgan fingerprint density at radius 3 is 2.67 bits per heavy atom. The first-order valence-corrected chi connectivity index (χ1v) is 9.34. The number of ether oxygens (including phenoxy) is 3. The van der Waals surface area contributed by atoms with Crippen molar-refractivity contribution in [1.29, 1.82) is 0 Å². The van der Waals surface area contributed by atoms with E-state index >= 15 is 0 Å². The van der Waals surface area contributed by atoms with Gasteiger partial charge in [0.15, 0.2) is 11.5 Å². The number of amides is 3. The molecule has 0 aromatic heterocycles. The largest absolute Gasteiger partial charge is 0.454 e. The molecule has 3 rings (SSSR count). The van der Waals surface area contributed by atoms with E-state index in [0.717, 1.165) is 29.9 Å². The van der Waals surface area contributed by atoms with Crippen LogP contribution in [-0.4, -0.2) is 51.1 Å². The van der Waals surface area contributed by atoms with Crippen molar-refractivity contribution in [2.45, 2.75) is 38.1 Å². The highest BCUT2D eigenvalue weighted by atomic mass is 16.7. The summed E-state index contributed by atoms with van der Waals surface area (Å²) in [7, 11) is 0. The minimum Gasteiger partial charge on any atom is -0.454 e. The predicted octanol–water partition coefficient (Wildman–Crippen LogP) is 1.29. The number of fused-ring (bicyclic) bond motifs is 1. The van der Waals surface area contributed by atoms with Crippen LogP contribution in [0.2, 0.25) is 0 Å². The molecule has 0 spiro atoms. The van der Waals surface area contributed by atoms with Crippen LogP contribution in [0.25, 0.3) is 0 Å². The molecule has 2 aliphatic heterocycles. The van der Waals surface area contributed by atoms with Gasteiger partial charge in [0.25, 0.3) is 0 Å². The Hall–Kier alpha value is -2.32. The molecule has 1 fully saturated rings. The predicted molar refractivity (Wildman–Crippen MR) is 99.0 cm³/mol. The van der Waals surface area contributed by atoms with Crippen LogP contribution in [-0.2, 0) is 14.9 Å². The van der Waals surface area contributed by atoms with Crippen molar-refractivity contribution in [3.8, 4) is 11.5 Å². The van der Waals surface area contributed by atoms with Crippen LogP contribution in [0.15, 0.2) is 18.2 Å². The molecule has 2 aliphatic rings. The molecule has 1 atom stereocenters. The monoisotopic (exact) mass is 377 g/mol. The van der Waals surface area contributed by atoms with Gasteiger partial charge in [0, 0.05) is 31.7 Å². The van der Waals surface area contributed by atoms with E-state index in [0.29, 0.717) is 26.3 Å². The molecule has 3 N–H and O–H groups in total. The average Bonchev–Trinajstić information content (AvgIpc) is 3.14. The minimum atomic E-state index is -0.499. The summed E-state index contributed by atoms with van der Waals surface area (Å²) in [6, 6.07) is 5.03. The summed E-state index contributed by atoms with van der Waals surface area (Å²) in [4.78, 5) is 23.7. The number of hydrogen-bond donors (Lipinski definition) is 3. The van der Waals surface area contributed by atoms with Crippen LogP contribution in [0.3, 0.4) is 0 Å². The lowest BCUT2D eigenvalue weighted by molar-refractivity contribution is -0.121. The number of benzene rings is 1. The van der Waals surface area contributed by atoms with Gasteiger partial charge in [-0.15, -0.1) is 0 Å². The lowest BCUT2D eigenvalue weighted by atomic mass is 9.74. The van der Waals surface area contributed by atoms with Crippen LogP contribution in [0.4, 0.5) is 4.79 Å². The second-order valence-corrected chi connectivity index (χ2v) is 6.91. The van der Waals surface area contributed by atoms with Crippen molar-refractivity contribution in [1.82, 2.24) is 16.0 Å². The highest BCUT2D eigenvalue weighted by molar-refractivity contribution is 5.96. The van der Waals surface area contributed by atoms with Gasteiger partial charge >= 0.3 is 6.03 Å². The molecular weight excluding hydrogens is 350 g/mol. The summed E-state index contributed by atoms with van der Waals surface area (Å²) in [6.07, 6.45) is 1.68. The van der Waals surface area contributed by atoms with Crippen molar-refractivity contribution in [2.24, 2.45) is 0 Å². The maximum absolute atomic E-state index is 12.2. The molecule has 8 heteroatoms. The Morgan fingerprint density at radius 1 is 1.19 bits per heavy atom. The number of urea groups is 1. The van der Waals surface area contributed by atoms with Crippen molar-refractivity contribution in [3.05, 3.63) is 23.8 Å². The molecule has 2 heterocycles. The molecule has 0 radical (unpaired) electrons. The van der Waals surface area contributed by atoms with Gasteiger partial charge in [0.05, 0.1) is 6.04 Å². The molecule has 27 heavy (non-hydrogen) atoms. The van der Waals surface area contributed by atoms with Crippen LogP contribution < -0.4 is 25.4 Å². The summed E-state index contributed by atoms with van der Waals surface area (Å²) >= 11 is 0. The smallest absolute Gasteiger partial charge is 0.321 e. The number of nitrogens with one attached hydrogen (secondary N) is 3. The Kier molecular flexibility index (Phi) is 6.18.